The van der Waals surface area contributed by atoms with Gasteiger partial charge in [-0.2, -0.15) is 0 Å². The summed E-state index contributed by atoms with van der Waals surface area (Å²) in [7, 11) is 0. The second kappa shape index (κ2) is 21.8. The third-order valence-electron chi connectivity index (χ3n) is 11.9. The van der Waals surface area contributed by atoms with E-state index in [4.69, 9.17) is 37.9 Å². The zero-order valence-electron chi connectivity index (χ0n) is 37.2. The van der Waals surface area contributed by atoms with Crippen molar-refractivity contribution in [2.24, 2.45) is 0 Å². The third kappa shape index (κ3) is 12.3. The van der Waals surface area contributed by atoms with Crippen LogP contribution in [0.15, 0.2) is 153 Å². The predicted molar refractivity (Wildman–Crippen MR) is 253 cm³/mol. The molecule has 5 atom stereocenters. The smallest absolute Gasteiger partial charge is 0.122 e. The first-order valence-corrected chi connectivity index (χ1v) is 22.7. The van der Waals surface area contributed by atoms with Gasteiger partial charge in [0.25, 0.3) is 0 Å². The average Bonchev–Trinajstić information content (AvgIpc) is 4.07. The molecule has 3 unspecified atom stereocenters. The number of hydrogen-bond acceptors (Lipinski definition) is 8. The molecule has 4 aliphatic rings. The van der Waals surface area contributed by atoms with Gasteiger partial charge < -0.3 is 37.9 Å². The minimum Gasteiger partial charge on any atom is -0.491 e. The summed E-state index contributed by atoms with van der Waals surface area (Å²) in [6.07, 6.45) is 16.2. The molecule has 0 aromatic heterocycles. The Hall–Kier alpha value is -5.64. The van der Waals surface area contributed by atoms with Crippen LogP contribution in [-0.2, 0) is 42.9 Å². The van der Waals surface area contributed by atoms with Gasteiger partial charge in [-0.1, -0.05) is 91.0 Å². The first-order chi connectivity index (χ1) is 31.5. The van der Waals surface area contributed by atoms with Crippen molar-refractivity contribution in [3.8, 4) is 17.2 Å². The fourth-order valence-electron chi connectivity index (χ4n) is 8.15. The molecule has 0 amide bonds. The Bertz CT molecular complexity index is 2230. The van der Waals surface area contributed by atoms with E-state index in [2.05, 4.69) is 111 Å². The van der Waals surface area contributed by atoms with E-state index in [0.29, 0.717) is 52.1 Å². The molecule has 0 spiro atoms. The molecule has 4 saturated heterocycles. The van der Waals surface area contributed by atoms with E-state index in [1.807, 2.05) is 37.3 Å². The van der Waals surface area contributed by atoms with Crippen LogP contribution in [0.5, 0.6) is 17.2 Å². The molecule has 0 N–H and O–H groups in total. The first kappa shape index (κ1) is 44.9. The molecule has 64 heavy (non-hydrogen) atoms. The maximum atomic E-state index is 6.28. The Morgan fingerprint density at radius 2 is 0.953 bits per heavy atom. The van der Waals surface area contributed by atoms with Gasteiger partial charge in [-0.25, -0.2) is 0 Å². The van der Waals surface area contributed by atoms with Crippen molar-refractivity contribution in [2.45, 2.75) is 75.3 Å². The summed E-state index contributed by atoms with van der Waals surface area (Å²) < 4.78 is 46.9. The molecule has 4 aliphatic heterocycles. The molecular formula is C56H62O8. The largest absolute Gasteiger partial charge is 0.491 e. The van der Waals surface area contributed by atoms with Gasteiger partial charge in [0, 0.05) is 11.8 Å². The molecule has 0 radical (unpaired) electrons. The highest BCUT2D eigenvalue weighted by molar-refractivity contribution is 5.52. The topological polar surface area (TPSA) is 87.0 Å². The lowest BCUT2D eigenvalue weighted by molar-refractivity contribution is 0.188. The normalized spacial score (nSPS) is 20.6. The summed E-state index contributed by atoms with van der Waals surface area (Å²) in [5.41, 5.74) is 10.3. The maximum Gasteiger partial charge on any atom is 0.122 e. The summed E-state index contributed by atoms with van der Waals surface area (Å²) in [6, 6.07) is 28.9. The van der Waals surface area contributed by atoms with Crippen molar-refractivity contribution >= 4 is 0 Å². The van der Waals surface area contributed by atoms with E-state index >= 15 is 0 Å². The number of rotatable bonds is 28. The molecule has 8 nitrogen and oxygen atoms in total. The lowest BCUT2D eigenvalue weighted by Gasteiger charge is -2.24. The monoisotopic (exact) mass is 862 g/mol. The van der Waals surface area contributed by atoms with Crippen LogP contribution < -0.4 is 14.2 Å². The van der Waals surface area contributed by atoms with Gasteiger partial charge in [-0.3, -0.25) is 0 Å². The van der Waals surface area contributed by atoms with E-state index in [-0.39, 0.29) is 36.3 Å². The van der Waals surface area contributed by atoms with Gasteiger partial charge in [0.1, 0.15) is 73.9 Å². The van der Waals surface area contributed by atoms with Gasteiger partial charge in [0.15, 0.2) is 0 Å². The Morgan fingerprint density at radius 1 is 0.547 bits per heavy atom. The second-order valence-electron chi connectivity index (χ2n) is 16.9. The Labute approximate surface area is 379 Å². The van der Waals surface area contributed by atoms with Crippen LogP contribution in [0.2, 0.25) is 0 Å². The SMILES string of the molecule is C=CCC(=C/C[C@@H](c1ccc(C(c2ccc(OCC3CO3)c(CC=C)c2)c2ccc(OCC3CO3)c(CC=C)c2)cc1)c1ccc(OCC2CO2)c(CC=C)c1)/C(=C\C)OC[C@@H]1CO1. The van der Waals surface area contributed by atoms with Crippen LogP contribution in [0.1, 0.15) is 76.1 Å². The Morgan fingerprint density at radius 3 is 1.38 bits per heavy atom. The molecule has 4 aromatic carbocycles. The van der Waals surface area contributed by atoms with E-state index in [9.17, 15) is 0 Å². The standard InChI is InChI=1S/C56H62O8/c1-6-11-39(52(10-5)61-34-47-30-57-47)19-23-51(41-20-24-53(42(27-41)12-7-2)62-35-48-31-58-48)38-15-17-40(18-16-38)56(45-21-25-54(43(28-45)13-8-3)63-36-49-32-59-49)46-22-26-55(44(29-46)14-9-4)64-37-50-33-60-50/h6-10,15-22,24-29,47-51,56H,1-4,11-14,23,30-37H2,5H3/b39-19-,52-10+/t47-,48?,49?,50?,51-,56?/m0/s1. The van der Waals surface area contributed by atoms with Gasteiger partial charge in [0.2, 0.25) is 0 Å². The van der Waals surface area contributed by atoms with Crippen molar-refractivity contribution < 1.29 is 37.9 Å². The average molecular weight is 863 g/mol. The summed E-state index contributed by atoms with van der Waals surface area (Å²) in [6.45, 7) is 23.5. The minimum absolute atomic E-state index is 0.0266. The van der Waals surface area contributed by atoms with Crippen molar-refractivity contribution in [3.05, 3.63) is 197 Å². The summed E-state index contributed by atoms with van der Waals surface area (Å²) in [5.74, 6) is 3.40. The first-order valence-electron chi connectivity index (χ1n) is 22.7. The summed E-state index contributed by atoms with van der Waals surface area (Å²) in [5, 5.41) is 0. The van der Waals surface area contributed by atoms with E-state index in [1.165, 1.54) is 16.7 Å². The highest BCUT2D eigenvalue weighted by Crippen LogP contribution is 2.40. The van der Waals surface area contributed by atoms with E-state index in [0.717, 1.165) is 89.2 Å². The van der Waals surface area contributed by atoms with E-state index in [1.54, 1.807) is 0 Å². The number of benzene rings is 4. The van der Waals surface area contributed by atoms with E-state index < -0.39 is 0 Å². The van der Waals surface area contributed by atoms with Crippen LogP contribution in [0.3, 0.4) is 0 Å². The van der Waals surface area contributed by atoms with Crippen LogP contribution >= 0.6 is 0 Å². The molecular weight excluding hydrogens is 801 g/mol. The molecule has 0 bridgehead atoms. The highest BCUT2D eigenvalue weighted by atomic mass is 16.6. The molecule has 4 fully saturated rings. The van der Waals surface area contributed by atoms with Crippen molar-refractivity contribution in [1.29, 1.82) is 0 Å². The van der Waals surface area contributed by atoms with Crippen molar-refractivity contribution in [1.82, 2.24) is 0 Å². The zero-order valence-corrected chi connectivity index (χ0v) is 37.2. The van der Waals surface area contributed by atoms with Crippen LogP contribution in [-0.4, -0.2) is 77.3 Å². The molecule has 8 heteroatoms. The van der Waals surface area contributed by atoms with Gasteiger partial charge >= 0.3 is 0 Å². The fraction of sp³-hybridized carbons (Fsp3) is 0.357. The summed E-state index contributed by atoms with van der Waals surface area (Å²) >= 11 is 0. The highest BCUT2D eigenvalue weighted by Gasteiger charge is 2.28. The summed E-state index contributed by atoms with van der Waals surface area (Å²) in [4.78, 5) is 0. The Balaban J connectivity index is 1.17. The number of ether oxygens (including phenoxy) is 8. The number of allylic oxidation sites excluding steroid dienone is 7. The predicted octanol–water partition coefficient (Wildman–Crippen LogP) is 10.7. The molecule has 0 aliphatic carbocycles. The van der Waals surface area contributed by atoms with Crippen LogP contribution in [0, 0.1) is 0 Å². The Kier molecular flexibility index (Phi) is 15.3. The number of hydrogen-bond donors (Lipinski definition) is 0. The number of epoxide rings is 4. The van der Waals surface area contributed by atoms with Gasteiger partial charge in [0.05, 0.1) is 26.4 Å². The molecule has 334 valence electrons. The third-order valence-corrected chi connectivity index (χ3v) is 11.9. The van der Waals surface area contributed by atoms with Gasteiger partial charge in [-0.15, -0.1) is 26.3 Å². The lowest BCUT2D eigenvalue weighted by atomic mass is 9.81. The van der Waals surface area contributed by atoms with Crippen LogP contribution in [0.4, 0.5) is 0 Å². The molecule has 4 aromatic rings. The zero-order chi connectivity index (χ0) is 44.3. The lowest BCUT2D eigenvalue weighted by Crippen LogP contribution is -2.10. The van der Waals surface area contributed by atoms with Crippen LogP contribution in [0.25, 0.3) is 0 Å². The fourth-order valence-corrected chi connectivity index (χ4v) is 8.15. The van der Waals surface area contributed by atoms with Crippen molar-refractivity contribution in [3.63, 3.8) is 0 Å². The molecule has 4 heterocycles. The van der Waals surface area contributed by atoms with Crippen molar-refractivity contribution in [2.75, 3.05) is 52.9 Å². The maximum absolute atomic E-state index is 6.28. The molecule has 8 rings (SSSR count). The molecule has 0 saturated carbocycles. The minimum atomic E-state index is -0.0868. The van der Waals surface area contributed by atoms with Gasteiger partial charge in [-0.05, 0) is 113 Å². The second-order valence-corrected chi connectivity index (χ2v) is 16.9. The quantitative estimate of drug-likeness (QED) is 0.0183.